The van der Waals surface area contributed by atoms with Crippen LogP contribution < -0.4 is 5.32 Å². The van der Waals surface area contributed by atoms with Gasteiger partial charge in [0.2, 0.25) is 0 Å². The van der Waals surface area contributed by atoms with Crippen molar-refractivity contribution in [1.82, 2.24) is 10.3 Å². The first-order valence-electron chi connectivity index (χ1n) is 6.21. The van der Waals surface area contributed by atoms with Crippen LogP contribution >= 0.6 is 43.2 Å². The highest BCUT2D eigenvalue weighted by Gasteiger charge is 2.23. The molecule has 0 fully saturated rings. The Kier molecular flexibility index (Phi) is 5.57. The van der Waals surface area contributed by atoms with Crippen LogP contribution in [0.15, 0.2) is 38.2 Å². The van der Waals surface area contributed by atoms with E-state index in [1.54, 1.807) is 11.3 Å². The summed E-state index contributed by atoms with van der Waals surface area (Å²) in [5.74, 6) is 0.390. The van der Waals surface area contributed by atoms with Gasteiger partial charge in [-0.2, -0.15) is 0 Å². The maximum absolute atomic E-state index is 4.09. The standard InChI is InChI=1S/C14H16Br2N2S/c1-3-18-13(11-8-12(15)19-14(11)16)9(2)10-4-6-17-7-5-10/h4-9,13,18H,3H2,1-2H3. The van der Waals surface area contributed by atoms with Crippen LogP contribution in [0.5, 0.6) is 0 Å². The molecule has 2 aromatic heterocycles. The quantitative estimate of drug-likeness (QED) is 0.748. The maximum atomic E-state index is 4.09. The Morgan fingerprint density at radius 3 is 2.53 bits per heavy atom. The fourth-order valence-electron chi connectivity index (χ4n) is 2.20. The Balaban J connectivity index is 2.32. The van der Waals surface area contributed by atoms with Crippen LogP contribution in [0.4, 0.5) is 0 Å². The van der Waals surface area contributed by atoms with Crippen molar-refractivity contribution in [3.63, 3.8) is 0 Å². The molecule has 1 N–H and O–H groups in total. The van der Waals surface area contributed by atoms with Gasteiger partial charge in [0, 0.05) is 24.4 Å². The molecule has 0 aromatic carbocycles. The Bertz CT molecular complexity index is 527. The molecule has 5 heteroatoms. The fraction of sp³-hybridized carbons (Fsp3) is 0.357. The third-order valence-electron chi connectivity index (χ3n) is 3.17. The van der Waals surface area contributed by atoms with Crippen molar-refractivity contribution < 1.29 is 0 Å². The molecule has 102 valence electrons. The molecule has 2 rings (SSSR count). The first-order valence-corrected chi connectivity index (χ1v) is 8.61. The second kappa shape index (κ2) is 6.97. The number of pyridine rings is 1. The summed E-state index contributed by atoms with van der Waals surface area (Å²) >= 11 is 8.94. The topological polar surface area (TPSA) is 24.9 Å². The molecule has 0 aliphatic carbocycles. The second-order valence-corrected chi connectivity index (χ2v) is 8.13. The van der Waals surface area contributed by atoms with Crippen molar-refractivity contribution in [2.24, 2.45) is 0 Å². The monoisotopic (exact) mass is 402 g/mol. The van der Waals surface area contributed by atoms with E-state index in [0.717, 1.165) is 10.3 Å². The minimum atomic E-state index is 0.296. The second-order valence-electron chi connectivity index (χ2n) is 4.38. The lowest BCUT2D eigenvalue weighted by Crippen LogP contribution is -2.25. The molecule has 0 bridgehead atoms. The molecule has 2 nitrogen and oxygen atoms in total. The van der Waals surface area contributed by atoms with E-state index in [4.69, 9.17) is 0 Å². The first-order chi connectivity index (χ1) is 9.13. The summed E-state index contributed by atoms with van der Waals surface area (Å²) in [6.45, 7) is 5.34. The van der Waals surface area contributed by atoms with Gasteiger partial charge in [0.1, 0.15) is 0 Å². The predicted octanol–water partition coefficient (Wildman–Crippen LogP) is 5.12. The number of nitrogens with zero attached hydrogens (tertiary/aromatic N) is 1. The van der Waals surface area contributed by atoms with Gasteiger partial charge in [0.05, 0.1) is 7.57 Å². The van der Waals surface area contributed by atoms with Gasteiger partial charge in [-0.25, -0.2) is 0 Å². The summed E-state index contributed by atoms with van der Waals surface area (Å²) in [5, 5.41) is 3.59. The molecule has 0 saturated carbocycles. The fourth-order valence-corrected chi connectivity index (χ4v) is 5.13. The van der Waals surface area contributed by atoms with Gasteiger partial charge in [-0.1, -0.05) is 13.8 Å². The number of nitrogens with one attached hydrogen (secondary N) is 1. The smallest absolute Gasteiger partial charge is 0.0758 e. The van der Waals surface area contributed by atoms with E-state index >= 15 is 0 Å². The third-order valence-corrected chi connectivity index (χ3v) is 5.56. The lowest BCUT2D eigenvalue weighted by Gasteiger charge is -2.25. The summed E-state index contributed by atoms with van der Waals surface area (Å²) in [6.07, 6.45) is 3.71. The Morgan fingerprint density at radius 2 is 2.00 bits per heavy atom. The molecule has 0 spiro atoms. The minimum Gasteiger partial charge on any atom is -0.310 e. The number of likely N-dealkylation sites (N-methyl/N-ethyl adjacent to an activating group) is 1. The number of rotatable bonds is 5. The van der Waals surface area contributed by atoms with Crippen LogP contribution in [0.25, 0.3) is 0 Å². The minimum absolute atomic E-state index is 0.296. The van der Waals surface area contributed by atoms with Crippen LogP contribution in [0.3, 0.4) is 0 Å². The Hall–Kier alpha value is -0.230. The van der Waals surface area contributed by atoms with Gasteiger partial charge in [-0.05, 0) is 67.7 Å². The summed E-state index contributed by atoms with van der Waals surface area (Å²) in [4.78, 5) is 4.09. The molecule has 2 aromatic rings. The molecule has 0 amide bonds. The molecule has 0 aliphatic rings. The molecule has 2 atom stereocenters. The van der Waals surface area contributed by atoms with Crippen LogP contribution in [0.2, 0.25) is 0 Å². The van der Waals surface area contributed by atoms with Gasteiger partial charge >= 0.3 is 0 Å². The van der Waals surface area contributed by atoms with Gasteiger partial charge in [0.15, 0.2) is 0 Å². The Labute approximate surface area is 134 Å². The SMILES string of the molecule is CCNC(c1cc(Br)sc1Br)C(C)c1ccncc1. The van der Waals surface area contributed by atoms with Crippen molar-refractivity contribution >= 4 is 43.2 Å². The zero-order valence-corrected chi connectivity index (χ0v) is 14.8. The van der Waals surface area contributed by atoms with Crippen LogP contribution in [0.1, 0.15) is 36.9 Å². The summed E-state index contributed by atoms with van der Waals surface area (Å²) in [6, 6.07) is 6.67. The normalized spacial score (nSPS) is 14.3. The number of halogens is 2. The lowest BCUT2D eigenvalue weighted by molar-refractivity contribution is 0.479. The molecule has 0 aliphatic heterocycles. The molecule has 19 heavy (non-hydrogen) atoms. The first kappa shape index (κ1) is 15.2. The largest absolute Gasteiger partial charge is 0.310 e. The summed E-state index contributed by atoms with van der Waals surface area (Å²) in [7, 11) is 0. The Morgan fingerprint density at radius 1 is 1.32 bits per heavy atom. The van der Waals surface area contributed by atoms with E-state index in [0.29, 0.717) is 12.0 Å². The van der Waals surface area contributed by atoms with Crippen molar-refractivity contribution in [2.45, 2.75) is 25.8 Å². The molecule has 0 radical (unpaired) electrons. The van der Waals surface area contributed by atoms with Crippen LogP contribution in [-0.2, 0) is 0 Å². The maximum Gasteiger partial charge on any atom is 0.0758 e. The third kappa shape index (κ3) is 3.66. The van der Waals surface area contributed by atoms with Crippen molar-refractivity contribution in [3.8, 4) is 0 Å². The number of hydrogen-bond acceptors (Lipinski definition) is 3. The molecular formula is C14H16Br2N2S. The van der Waals surface area contributed by atoms with E-state index in [1.807, 2.05) is 12.4 Å². The van der Waals surface area contributed by atoms with Crippen LogP contribution in [0, 0.1) is 0 Å². The van der Waals surface area contributed by atoms with E-state index in [1.165, 1.54) is 14.9 Å². The van der Waals surface area contributed by atoms with E-state index in [2.05, 4.69) is 74.2 Å². The highest BCUT2D eigenvalue weighted by atomic mass is 79.9. The van der Waals surface area contributed by atoms with Crippen molar-refractivity contribution in [1.29, 1.82) is 0 Å². The zero-order valence-electron chi connectivity index (χ0n) is 10.9. The predicted molar refractivity (Wildman–Crippen MR) is 88.8 cm³/mol. The van der Waals surface area contributed by atoms with Gasteiger partial charge in [0.25, 0.3) is 0 Å². The van der Waals surface area contributed by atoms with E-state index in [9.17, 15) is 0 Å². The number of aromatic nitrogens is 1. The molecule has 2 unspecified atom stereocenters. The highest BCUT2D eigenvalue weighted by molar-refractivity contribution is 9.12. The van der Waals surface area contributed by atoms with E-state index in [-0.39, 0.29) is 0 Å². The average Bonchev–Trinajstić information content (AvgIpc) is 2.75. The molecular weight excluding hydrogens is 388 g/mol. The molecule has 2 heterocycles. The lowest BCUT2D eigenvalue weighted by atomic mass is 9.90. The van der Waals surface area contributed by atoms with Crippen molar-refractivity contribution in [3.05, 3.63) is 49.3 Å². The number of thiophene rings is 1. The highest BCUT2D eigenvalue weighted by Crippen LogP contribution is 2.40. The van der Waals surface area contributed by atoms with Gasteiger partial charge in [-0.3, -0.25) is 4.98 Å². The summed E-state index contributed by atoms with van der Waals surface area (Å²) in [5.41, 5.74) is 2.61. The molecule has 0 saturated heterocycles. The van der Waals surface area contributed by atoms with Crippen LogP contribution in [-0.4, -0.2) is 11.5 Å². The average molecular weight is 404 g/mol. The van der Waals surface area contributed by atoms with E-state index < -0.39 is 0 Å². The summed E-state index contributed by atoms with van der Waals surface area (Å²) < 4.78 is 2.34. The van der Waals surface area contributed by atoms with Gasteiger partial charge < -0.3 is 5.32 Å². The van der Waals surface area contributed by atoms with Gasteiger partial charge in [-0.15, -0.1) is 11.3 Å². The van der Waals surface area contributed by atoms with Crippen molar-refractivity contribution in [2.75, 3.05) is 6.54 Å². The zero-order chi connectivity index (χ0) is 13.8. The number of hydrogen-bond donors (Lipinski definition) is 1.